The highest BCUT2D eigenvalue weighted by Gasteiger charge is 2.20. The van der Waals surface area contributed by atoms with Gasteiger partial charge in [0.2, 0.25) is 5.91 Å². The van der Waals surface area contributed by atoms with E-state index in [1.165, 1.54) is 12.8 Å². The minimum Gasteiger partial charge on any atom is -0.464 e. The van der Waals surface area contributed by atoms with Gasteiger partial charge >= 0.3 is 0 Å². The lowest BCUT2D eigenvalue weighted by Crippen LogP contribution is -2.35. The molecule has 0 bridgehead atoms. The zero-order valence-corrected chi connectivity index (χ0v) is 13.7. The van der Waals surface area contributed by atoms with Gasteiger partial charge in [0.05, 0.1) is 17.3 Å². The first-order valence-electron chi connectivity index (χ1n) is 8.38. The fraction of sp³-hybridized carbons (Fsp3) is 0.389. The largest absolute Gasteiger partial charge is 0.464 e. The third kappa shape index (κ3) is 2.68. The first-order valence-corrected chi connectivity index (χ1v) is 8.38. The van der Waals surface area contributed by atoms with Gasteiger partial charge in [-0.1, -0.05) is 12.8 Å². The smallest absolute Gasteiger partial charge is 0.242 e. The lowest BCUT2D eigenvalue weighted by atomic mass is 10.1. The lowest BCUT2D eigenvalue weighted by molar-refractivity contribution is -0.122. The van der Waals surface area contributed by atoms with E-state index in [9.17, 15) is 4.79 Å². The molecule has 0 unspecified atom stereocenters. The number of hydrogen-bond donors (Lipinski definition) is 1. The van der Waals surface area contributed by atoms with Crippen LogP contribution < -0.4 is 5.32 Å². The van der Waals surface area contributed by atoms with Crippen molar-refractivity contribution in [2.24, 2.45) is 0 Å². The van der Waals surface area contributed by atoms with E-state index in [0.717, 1.165) is 35.2 Å². The van der Waals surface area contributed by atoms with Crippen LogP contribution >= 0.6 is 0 Å². The summed E-state index contributed by atoms with van der Waals surface area (Å²) in [5.74, 6) is 0.775. The molecule has 6 heteroatoms. The van der Waals surface area contributed by atoms with Crippen LogP contribution in [0, 0.1) is 6.92 Å². The molecular weight excluding hydrogens is 304 g/mol. The van der Waals surface area contributed by atoms with E-state index in [0.29, 0.717) is 11.7 Å². The summed E-state index contributed by atoms with van der Waals surface area (Å²) in [7, 11) is 0. The molecule has 0 spiro atoms. The summed E-state index contributed by atoms with van der Waals surface area (Å²) in [5.41, 5.74) is 2.51. The van der Waals surface area contributed by atoms with Crippen LogP contribution in [0.3, 0.4) is 0 Å². The van der Waals surface area contributed by atoms with Gasteiger partial charge in [0.1, 0.15) is 12.3 Å². The number of aryl methyl sites for hydroxylation is 1. The molecular formula is C18H20N4O2. The van der Waals surface area contributed by atoms with Crippen molar-refractivity contribution in [2.45, 2.75) is 45.2 Å². The highest BCUT2D eigenvalue weighted by atomic mass is 16.3. The Morgan fingerprint density at radius 1 is 1.38 bits per heavy atom. The van der Waals surface area contributed by atoms with Crippen LogP contribution in [0.15, 0.2) is 35.1 Å². The molecule has 1 saturated carbocycles. The molecule has 4 rings (SSSR count). The number of amides is 1. The van der Waals surface area contributed by atoms with Gasteiger partial charge in [0.15, 0.2) is 5.65 Å². The lowest BCUT2D eigenvalue weighted by Gasteiger charge is -2.11. The van der Waals surface area contributed by atoms with Crippen molar-refractivity contribution in [3.05, 3.63) is 36.4 Å². The second-order valence-electron chi connectivity index (χ2n) is 6.33. The number of rotatable bonds is 4. The summed E-state index contributed by atoms with van der Waals surface area (Å²) in [4.78, 5) is 16.8. The molecule has 124 valence electrons. The Balaban J connectivity index is 1.64. The number of fused-ring (bicyclic) bond motifs is 1. The van der Waals surface area contributed by atoms with Crippen LogP contribution in [0.25, 0.3) is 22.4 Å². The number of carbonyl (C=O) groups is 1. The molecule has 6 nitrogen and oxygen atoms in total. The Morgan fingerprint density at radius 3 is 2.96 bits per heavy atom. The first-order chi connectivity index (χ1) is 11.7. The van der Waals surface area contributed by atoms with Crippen LogP contribution in [0.2, 0.25) is 0 Å². The molecule has 1 aliphatic carbocycles. The minimum absolute atomic E-state index is 0.00324. The predicted octanol–water partition coefficient (Wildman–Crippen LogP) is 3.06. The van der Waals surface area contributed by atoms with Crippen molar-refractivity contribution < 1.29 is 9.21 Å². The van der Waals surface area contributed by atoms with Crippen LogP contribution in [0.5, 0.6) is 0 Å². The van der Waals surface area contributed by atoms with Gasteiger partial charge in [-0.2, -0.15) is 5.10 Å². The van der Waals surface area contributed by atoms with Crippen molar-refractivity contribution in [1.82, 2.24) is 20.1 Å². The van der Waals surface area contributed by atoms with E-state index in [4.69, 9.17) is 4.42 Å². The van der Waals surface area contributed by atoms with Gasteiger partial charge < -0.3 is 9.73 Å². The Bertz CT molecular complexity index is 861. The Hall–Kier alpha value is -2.63. The predicted molar refractivity (Wildman–Crippen MR) is 90.4 cm³/mol. The fourth-order valence-corrected chi connectivity index (χ4v) is 3.51. The van der Waals surface area contributed by atoms with E-state index in [-0.39, 0.29) is 12.5 Å². The quantitative estimate of drug-likeness (QED) is 0.800. The summed E-state index contributed by atoms with van der Waals surface area (Å²) in [6, 6.07) is 6.00. The molecule has 0 aliphatic heterocycles. The monoisotopic (exact) mass is 324 g/mol. The maximum Gasteiger partial charge on any atom is 0.242 e. The van der Waals surface area contributed by atoms with Gasteiger partial charge in [0, 0.05) is 17.8 Å². The second-order valence-corrected chi connectivity index (χ2v) is 6.33. The molecule has 1 amide bonds. The first kappa shape index (κ1) is 14.9. The van der Waals surface area contributed by atoms with E-state index in [2.05, 4.69) is 15.4 Å². The Morgan fingerprint density at radius 2 is 2.21 bits per heavy atom. The second kappa shape index (κ2) is 6.11. The summed E-state index contributed by atoms with van der Waals surface area (Å²) in [5, 5.41) is 8.56. The number of pyridine rings is 1. The van der Waals surface area contributed by atoms with E-state index in [1.807, 2.05) is 25.1 Å². The molecule has 0 saturated heterocycles. The molecule has 1 aliphatic rings. The van der Waals surface area contributed by atoms with Gasteiger partial charge in [-0.25, -0.2) is 9.67 Å². The van der Waals surface area contributed by atoms with Crippen molar-refractivity contribution >= 4 is 16.9 Å². The Labute approximate surface area is 139 Å². The minimum atomic E-state index is -0.00324. The molecule has 3 heterocycles. The highest BCUT2D eigenvalue weighted by Crippen LogP contribution is 2.30. The molecule has 0 aromatic carbocycles. The third-order valence-corrected chi connectivity index (χ3v) is 4.61. The summed E-state index contributed by atoms with van der Waals surface area (Å²) >= 11 is 0. The van der Waals surface area contributed by atoms with Crippen LogP contribution in [0.1, 0.15) is 31.4 Å². The maximum atomic E-state index is 12.3. The van der Waals surface area contributed by atoms with Crippen LogP contribution in [-0.4, -0.2) is 26.7 Å². The SMILES string of the molecule is Cc1nn(CC(=O)NC2CCCC2)c2nccc(-c3ccco3)c12. The van der Waals surface area contributed by atoms with Crippen molar-refractivity contribution in [3.8, 4) is 11.3 Å². The van der Waals surface area contributed by atoms with E-state index < -0.39 is 0 Å². The molecule has 0 atom stereocenters. The normalized spacial score (nSPS) is 15.2. The Kier molecular flexibility index (Phi) is 3.80. The van der Waals surface area contributed by atoms with E-state index >= 15 is 0 Å². The number of nitrogens with one attached hydrogen (secondary N) is 1. The van der Waals surface area contributed by atoms with Crippen molar-refractivity contribution in [2.75, 3.05) is 0 Å². The number of hydrogen-bond acceptors (Lipinski definition) is 4. The topological polar surface area (TPSA) is 73.0 Å². The van der Waals surface area contributed by atoms with Gasteiger partial charge in [-0.15, -0.1) is 0 Å². The number of carbonyl (C=O) groups excluding carboxylic acids is 1. The van der Waals surface area contributed by atoms with Gasteiger partial charge in [-0.05, 0) is 38.0 Å². The maximum absolute atomic E-state index is 12.3. The average molecular weight is 324 g/mol. The van der Waals surface area contributed by atoms with Gasteiger partial charge in [-0.3, -0.25) is 4.79 Å². The van der Waals surface area contributed by atoms with Crippen LogP contribution in [-0.2, 0) is 11.3 Å². The highest BCUT2D eigenvalue weighted by molar-refractivity contribution is 5.93. The molecule has 0 radical (unpaired) electrons. The zero-order chi connectivity index (χ0) is 16.5. The standard InChI is InChI=1S/C18H20N4O2/c1-12-17-14(15-7-4-10-24-15)8-9-19-18(17)22(21-12)11-16(23)20-13-5-2-3-6-13/h4,7-10,13H,2-3,5-6,11H2,1H3,(H,20,23). The molecule has 24 heavy (non-hydrogen) atoms. The van der Waals surface area contributed by atoms with Crippen molar-refractivity contribution in [3.63, 3.8) is 0 Å². The number of nitrogens with zero attached hydrogens (tertiary/aromatic N) is 3. The number of aromatic nitrogens is 3. The summed E-state index contributed by atoms with van der Waals surface area (Å²) in [6.07, 6.45) is 7.92. The summed E-state index contributed by atoms with van der Waals surface area (Å²) < 4.78 is 7.20. The molecule has 3 aromatic heterocycles. The molecule has 1 fully saturated rings. The third-order valence-electron chi connectivity index (χ3n) is 4.61. The number of furan rings is 1. The fourth-order valence-electron chi connectivity index (χ4n) is 3.51. The van der Waals surface area contributed by atoms with Crippen LogP contribution in [0.4, 0.5) is 0 Å². The average Bonchev–Trinajstić information content (AvgIpc) is 3.30. The summed E-state index contributed by atoms with van der Waals surface area (Å²) in [6.45, 7) is 2.12. The van der Waals surface area contributed by atoms with E-state index in [1.54, 1.807) is 17.1 Å². The van der Waals surface area contributed by atoms with Crippen molar-refractivity contribution in [1.29, 1.82) is 0 Å². The van der Waals surface area contributed by atoms with Gasteiger partial charge in [0.25, 0.3) is 0 Å². The molecule has 1 N–H and O–H groups in total. The molecule has 3 aromatic rings. The zero-order valence-electron chi connectivity index (χ0n) is 13.7.